The highest BCUT2D eigenvalue weighted by atomic mass is 35.5. The lowest BCUT2D eigenvalue weighted by molar-refractivity contribution is -0.140. The van der Waals surface area contributed by atoms with Crippen LogP contribution in [0.25, 0.3) is 0 Å². The Balaban J connectivity index is 1.85. The van der Waals surface area contributed by atoms with Crippen LogP contribution in [0.5, 0.6) is 0 Å². The van der Waals surface area contributed by atoms with E-state index in [-0.39, 0.29) is 6.29 Å². The summed E-state index contributed by atoms with van der Waals surface area (Å²) in [5.74, 6) is 0. The van der Waals surface area contributed by atoms with Crippen molar-refractivity contribution in [3.8, 4) is 0 Å². The van der Waals surface area contributed by atoms with Crippen LogP contribution in [0.3, 0.4) is 0 Å². The molecule has 0 radical (unpaired) electrons. The van der Waals surface area contributed by atoms with Crippen molar-refractivity contribution in [1.82, 2.24) is 5.32 Å². The van der Waals surface area contributed by atoms with Crippen LogP contribution in [0.1, 0.15) is 36.8 Å². The molecule has 2 rings (SSSR count). The fourth-order valence-electron chi connectivity index (χ4n) is 2.29. The molecule has 2 aromatic carbocycles. The van der Waals surface area contributed by atoms with Crippen LogP contribution < -0.4 is 5.32 Å². The van der Waals surface area contributed by atoms with E-state index in [4.69, 9.17) is 21.1 Å². The summed E-state index contributed by atoms with van der Waals surface area (Å²) in [6, 6.07) is 16.2. The van der Waals surface area contributed by atoms with Gasteiger partial charge in [-0.25, -0.2) is 0 Å². The van der Waals surface area contributed by atoms with Crippen molar-refractivity contribution in [3.05, 3.63) is 70.2 Å². The predicted molar refractivity (Wildman–Crippen MR) is 94.4 cm³/mol. The average Bonchev–Trinajstić information content (AvgIpc) is 2.57. The van der Waals surface area contributed by atoms with Crippen LogP contribution in [-0.2, 0) is 22.6 Å². The molecular formula is C19H24ClNO2. The molecule has 0 atom stereocenters. The highest BCUT2D eigenvalue weighted by Gasteiger charge is 2.10. The molecule has 0 bridgehead atoms. The molecule has 0 aromatic heterocycles. The van der Waals surface area contributed by atoms with Crippen LogP contribution in [-0.4, -0.2) is 13.2 Å². The number of ether oxygens (including phenoxy) is 2. The first kappa shape index (κ1) is 18.0. The van der Waals surface area contributed by atoms with Gasteiger partial charge in [0.25, 0.3) is 0 Å². The predicted octanol–water partition coefficient (Wildman–Crippen LogP) is 4.70. The molecule has 1 N–H and O–H groups in total. The lowest BCUT2D eigenvalue weighted by atomic mass is 10.1. The summed E-state index contributed by atoms with van der Waals surface area (Å²) in [7, 11) is 0. The topological polar surface area (TPSA) is 30.5 Å². The molecule has 0 unspecified atom stereocenters. The van der Waals surface area contributed by atoms with Crippen molar-refractivity contribution >= 4 is 11.6 Å². The van der Waals surface area contributed by atoms with Crippen LogP contribution >= 0.6 is 11.6 Å². The number of rotatable bonds is 9. The van der Waals surface area contributed by atoms with E-state index in [1.165, 1.54) is 11.1 Å². The Morgan fingerprint density at radius 2 is 1.30 bits per heavy atom. The summed E-state index contributed by atoms with van der Waals surface area (Å²) < 4.78 is 11.2. The van der Waals surface area contributed by atoms with Crippen molar-refractivity contribution in [2.24, 2.45) is 0 Å². The SMILES string of the molecule is CCOC(OCC)c1ccc(CNCc2ccc(Cl)cc2)cc1. The van der Waals surface area contributed by atoms with Crippen molar-refractivity contribution in [3.63, 3.8) is 0 Å². The second-order valence-corrected chi connectivity index (χ2v) is 5.65. The number of nitrogens with one attached hydrogen (secondary N) is 1. The zero-order valence-corrected chi connectivity index (χ0v) is 14.5. The maximum absolute atomic E-state index is 5.89. The van der Waals surface area contributed by atoms with E-state index in [0.717, 1.165) is 23.7 Å². The van der Waals surface area contributed by atoms with E-state index in [0.29, 0.717) is 13.2 Å². The van der Waals surface area contributed by atoms with E-state index < -0.39 is 0 Å². The van der Waals surface area contributed by atoms with Gasteiger partial charge in [0.2, 0.25) is 0 Å². The van der Waals surface area contributed by atoms with Crippen LogP contribution in [0, 0.1) is 0 Å². The fraction of sp³-hybridized carbons (Fsp3) is 0.368. The molecule has 2 aromatic rings. The maximum atomic E-state index is 5.89. The number of halogens is 1. The summed E-state index contributed by atoms with van der Waals surface area (Å²) in [4.78, 5) is 0. The molecular weight excluding hydrogens is 310 g/mol. The standard InChI is InChI=1S/C19H24ClNO2/c1-3-22-19(23-4-2)17-9-5-15(6-10-17)13-21-14-16-7-11-18(20)12-8-16/h5-12,19,21H,3-4,13-14H2,1-2H3. The van der Waals surface area contributed by atoms with E-state index >= 15 is 0 Å². The first-order chi connectivity index (χ1) is 11.2. The average molecular weight is 334 g/mol. The minimum Gasteiger partial charge on any atom is -0.349 e. The van der Waals surface area contributed by atoms with Gasteiger partial charge in [-0.15, -0.1) is 0 Å². The van der Waals surface area contributed by atoms with Gasteiger partial charge in [0.15, 0.2) is 6.29 Å². The summed E-state index contributed by atoms with van der Waals surface area (Å²) in [6.45, 7) is 6.85. The van der Waals surface area contributed by atoms with Crippen molar-refractivity contribution in [2.75, 3.05) is 13.2 Å². The Morgan fingerprint density at radius 3 is 1.78 bits per heavy atom. The Bertz CT molecular complexity index is 563. The van der Waals surface area contributed by atoms with Gasteiger partial charge in [0.1, 0.15) is 0 Å². The number of hydrogen-bond acceptors (Lipinski definition) is 3. The molecule has 0 spiro atoms. The zero-order valence-electron chi connectivity index (χ0n) is 13.7. The van der Waals surface area contributed by atoms with Crippen molar-refractivity contribution < 1.29 is 9.47 Å². The second kappa shape index (κ2) is 9.68. The van der Waals surface area contributed by atoms with E-state index in [2.05, 4.69) is 29.6 Å². The molecule has 0 aliphatic heterocycles. The van der Waals surface area contributed by atoms with Gasteiger partial charge < -0.3 is 14.8 Å². The van der Waals surface area contributed by atoms with Gasteiger partial charge in [-0.05, 0) is 37.1 Å². The molecule has 0 fully saturated rings. The zero-order chi connectivity index (χ0) is 16.5. The summed E-state index contributed by atoms with van der Waals surface area (Å²) in [5.41, 5.74) is 3.50. The first-order valence-electron chi connectivity index (χ1n) is 8.00. The normalized spacial score (nSPS) is 11.1. The highest BCUT2D eigenvalue weighted by molar-refractivity contribution is 6.30. The molecule has 0 amide bonds. The minimum atomic E-state index is -0.277. The Kier molecular flexibility index (Phi) is 7.56. The van der Waals surface area contributed by atoms with Gasteiger partial charge in [-0.1, -0.05) is 48.0 Å². The summed E-state index contributed by atoms with van der Waals surface area (Å²) in [6.07, 6.45) is -0.277. The third-order valence-electron chi connectivity index (χ3n) is 3.46. The molecule has 0 heterocycles. The Labute approximate surface area is 143 Å². The lowest BCUT2D eigenvalue weighted by Gasteiger charge is -2.17. The monoisotopic (exact) mass is 333 g/mol. The number of hydrogen-bond donors (Lipinski definition) is 1. The van der Waals surface area contributed by atoms with E-state index in [1.807, 2.05) is 38.1 Å². The third-order valence-corrected chi connectivity index (χ3v) is 3.71. The van der Waals surface area contributed by atoms with Gasteiger partial charge in [-0.3, -0.25) is 0 Å². The first-order valence-corrected chi connectivity index (χ1v) is 8.38. The van der Waals surface area contributed by atoms with Gasteiger partial charge in [0.05, 0.1) is 0 Å². The van der Waals surface area contributed by atoms with Gasteiger partial charge in [-0.2, -0.15) is 0 Å². The molecule has 0 aliphatic carbocycles. The lowest BCUT2D eigenvalue weighted by Crippen LogP contribution is -2.13. The van der Waals surface area contributed by atoms with Gasteiger partial charge in [0, 0.05) is 36.9 Å². The summed E-state index contributed by atoms with van der Waals surface area (Å²) in [5, 5.41) is 4.20. The number of benzene rings is 2. The highest BCUT2D eigenvalue weighted by Crippen LogP contribution is 2.19. The van der Waals surface area contributed by atoms with E-state index in [9.17, 15) is 0 Å². The van der Waals surface area contributed by atoms with E-state index in [1.54, 1.807) is 0 Å². The molecule has 0 aliphatic rings. The molecule has 0 saturated carbocycles. The molecule has 0 saturated heterocycles. The van der Waals surface area contributed by atoms with Crippen molar-refractivity contribution in [1.29, 1.82) is 0 Å². The Morgan fingerprint density at radius 1 is 0.826 bits per heavy atom. The quantitative estimate of drug-likeness (QED) is 0.675. The smallest absolute Gasteiger partial charge is 0.183 e. The second-order valence-electron chi connectivity index (χ2n) is 5.21. The molecule has 3 nitrogen and oxygen atoms in total. The molecule has 124 valence electrons. The fourth-order valence-corrected chi connectivity index (χ4v) is 2.42. The largest absolute Gasteiger partial charge is 0.349 e. The van der Waals surface area contributed by atoms with Crippen LogP contribution in [0.15, 0.2) is 48.5 Å². The van der Waals surface area contributed by atoms with Crippen LogP contribution in [0.4, 0.5) is 0 Å². The maximum Gasteiger partial charge on any atom is 0.183 e. The molecule has 4 heteroatoms. The minimum absolute atomic E-state index is 0.277. The molecule has 23 heavy (non-hydrogen) atoms. The van der Waals surface area contributed by atoms with Gasteiger partial charge >= 0.3 is 0 Å². The van der Waals surface area contributed by atoms with Crippen molar-refractivity contribution in [2.45, 2.75) is 33.2 Å². The third kappa shape index (κ3) is 5.96. The Hall–Kier alpha value is -1.39. The summed E-state index contributed by atoms with van der Waals surface area (Å²) >= 11 is 5.89. The van der Waals surface area contributed by atoms with Crippen LogP contribution in [0.2, 0.25) is 5.02 Å².